The van der Waals surface area contributed by atoms with Gasteiger partial charge in [0.05, 0.1) is 36.7 Å². The first-order valence-electron chi connectivity index (χ1n) is 12.1. The number of imidazole rings is 1. The molecule has 0 bridgehead atoms. The molecule has 3 aromatic heterocycles. The van der Waals surface area contributed by atoms with Crippen LogP contribution in [0.1, 0.15) is 31.7 Å². The molecule has 1 N–H and O–H groups in total. The number of benzene rings is 1. The maximum absolute atomic E-state index is 11.6. The molecule has 0 aliphatic carbocycles. The quantitative estimate of drug-likeness (QED) is 0.446. The summed E-state index contributed by atoms with van der Waals surface area (Å²) >= 11 is 1.66. The molecule has 1 saturated heterocycles. The molecule has 5 heterocycles. The summed E-state index contributed by atoms with van der Waals surface area (Å²) < 4.78 is 10.0. The van der Waals surface area contributed by atoms with Gasteiger partial charge in [-0.25, -0.2) is 9.97 Å². The van der Waals surface area contributed by atoms with Crippen molar-refractivity contribution in [2.24, 2.45) is 0 Å². The number of hydrogen-bond acceptors (Lipinski definition) is 7. The molecule has 4 aromatic rings. The summed E-state index contributed by atoms with van der Waals surface area (Å²) in [6.07, 6.45) is 8.31. The number of ether oxygens (including phenoxy) is 1. The van der Waals surface area contributed by atoms with Gasteiger partial charge in [-0.15, -0.1) is 11.3 Å². The molecular formula is C26H28N6O3S. The molecule has 186 valence electrons. The van der Waals surface area contributed by atoms with Gasteiger partial charge in [0.25, 0.3) is 0 Å². The second-order valence-corrected chi connectivity index (χ2v) is 11.2. The fourth-order valence-electron chi connectivity index (χ4n) is 4.76. The predicted octanol–water partition coefficient (Wildman–Crippen LogP) is 3.65. The number of likely N-dealkylation sites (tertiary alicyclic amines) is 1. The van der Waals surface area contributed by atoms with Crippen LogP contribution in [-0.4, -0.2) is 65.5 Å². The van der Waals surface area contributed by atoms with Gasteiger partial charge in [-0.1, -0.05) is 6.07 Å². The summed E-state index contributed by atoms with van der Waals surface area (Å²) in [7, 11) is 0. The Morgan fingerprint density at radius 3 is 2.89 bits per heavy atom. The zero-order valence-electron chi connectivity index (χ0n) is 20.5. The molecule has 1 amide bonds. The van der Waals surface area contributed by atoms with E-state index in [1.54, 1.807) is 43.0 Å². The lowest BCUT2D eigenvalue weighted by Gasteiger charge is -2.39. The number of aliphatic hydroxyl groups is 1. The van der Waals surface area contributed by atoms with Gasteiger partial charge in [0, 0.05) is 61.0 Å². The lowest BCUT2D eigenvalue weighted by Crippen LogP contribution is -2.49. The van der Waals surface area contributed by atoms with Crippen LogP contribution in [0.5, 0.6) is 5.75 Å². The highest BCUT2D eigenvalue weighted by Crippen LogP contribution is 2.42. The van der Waals surface area contributed by atoms with Crippen LogP contribution in [0.2, 0.25) is 0 Å². The van der Waals surface area contributed by atoms with Gasteiger partial charge >= 0.3 is 0 Å². The summed E-state index contributed by atoms with van der Waals surface area (Å²) in [5.41, 5.74) is 3.06. The van der Waals surface area contributed by atoms with Crippen LogP contribution in [0.15, 0.2) is 43.0 Å². The van der Waals surface area contributed by atoms with E-state index >= 15 is 0 Å². The molecule has 0 unspecified atom stereocenters. The van der Waals surface area contributed by atoms with Crippen LogP contribution in [0.3, 0.4) is 0 Å². The van der Waals surface area contributed by atoms with Gasteiger partial charge < -0.3 is 19.3 Å². The minimum Gasteiger partial charge on any atom is -0.492 e. The Morgan fingerprint density at radius 1 is 1.28 bits per heavy atom. The van der Waals surface area contributed by atoms with Gasteiger partial charge in [-0.05, 0) is 31.5 Å². The van der Waals surface area contributed by atoms with E-state index in [0.717, 1.165) is 45.4 Å². The van der Waals surface area contributed by atoms with Gasteiger partial charge in [-0.3, -0.25) is 9.48 Å². The molecule has 2 aliphatic rings. The van der Waals surface area contributed by atoms with Gasteiger partial charge in [0.1, 0.15) is 5.75 Å². The summed E-state index contributed by atoms with van der Waals surface area (Å²) in [5, 5.41) is 15.4. The van der Waals surface area contributed by atoms with Crippen LogP contribution in [-0.2, 0) is 17.8 Å². The topological polar surface area (TPSA) is 98.3 Å². The minimum atomic E-state index is -0.834. The fraction of sp³-hybridized carbons (Fsp3) is 0.385. The normalized spacial score (nSPS) is 15.6. The number of fused-ring (bicyclic) bond motifs is 3. The summed E-state index contributed by atoms with van der Waals surface area (Å²) in [4.78, 5) is 24.3. The number of carbonyl (C=O) groups is 1. The van der Waals surface area contributed by atoms with Crippen LogP contribution >= 0.6 is 11.3 Å². The summed E-state index contributed by atoms with van der Waals surface area (Å²) in [6, 6.07) is 6.40. The smallest absolute Gasteiger partial charge is 0.219 e. The van der Waals surface area contributed by atoms with Crippen molar-refractivity contribution in [3.05, 3.63) is 47.9 Å². The third-order valence-electron chi connectivity index (χ3n) is 6.60. The number of aromatic nitrogens is 5. The highest BCUT2D eigenvalue weighted by molar-refractivity contribution is 7.15. The van der Waals surface area contributed by atoms with Gasteiger partial charge in [-0.2, -0.15) is 5.10 Å². The van der Waals surface area contributed by atoms with E-state index in [4.69, 9.17) is 9.72 Å². The first kappa shape index (κ1) is 22.9. The zero-order chi connectivity index (χ0) is 25.0. The van der Waals surface area contributed by atoms with Crippen molar-refractivity contribution in [1.82, 2.24) is 29.2 Å². The first-order valence-corrected chi connectivity index (χ1v) is 12.9. The Bertz CT molecular complexity index is 1440. The maximum atomic E-state index is 11.6. The molecule has 1 fully saturated rings. The van der Waals surface area contributed by atoms with E-state index in [1.807, 2.05) is 29.6 Å². The molecule has 0 saturated carbocycles. The first-order chi connectivity index (χ1) is 17.2. The molecule has 2 aliphatic heterocycles. The van der Waals surface area contributed by atoms with Gasteiger partial charge in [0.2, 0.25) is 5.91 Å². The van der Waals surface area contributed by atoms with Crippen molar-refractivity contribution < 1.29 is 14.6 Å². The molecule has 0 atom stereocenters. The SMILES string of the molecule is CC(=O)N1CC(n2ccnc2-c2nc3c(s2)CCOc2cc(-c4cnn(CC(C)(C)O)c4)ccc2-3)C1. The standard InChI is InChI=1S/C26H28N6O3S/c1-16(33)30-13-19(14-30)32-8-7-27-24(32)25-29-23-20-5-4-17(10-21(20)35-9-6-22(23)36-25)18-11-28-31(12-18)15-26(2,3)34/h4-5,7-8,10-12,19,34H,6,9,13-15H2,1-3H3. The molecule has 10 heteroatoms. The molecule has 6 rings (SSSR count). The van der Waals surface area contributed by atoms with E-state index in [9.17, 15) is 9.90 Å². The molecule has 36 heavy (non-hydrogen) atoms. The fourth-order valence-corrected chi connectivity index (χ4v) is 5.81. The van der Waals surface area contributed by atoms with Crippen molar-refractivity contribution in [3.63, 3.8) is 0 Å². The Labute approximate surface area is 213 Å². The lowest BCUT2D eigenvalue weighted by atomic mass is 10.0. The number of thiazole rings is 1. The lowest BCUT2D eigenvalue weighted by molar-refractivity contribution is -0.134. The van der Waals surface area contributed by atoms with E-state index in [2.05, 4.69) is 26.8 Å². The average molecular weight is 505 g/mol. The monoisotopic (exact) mass is 504 g/mol. The van der Waals surface area contributed by atoms with Crippen LogP contribution in [0, 0.1) is 0 Å². The Balaban J connectivity index is 1.30. The average Bonchev–Trinajstić information content (AvgIpc) is 3.50. The van der Waals surface area contributed by atoms with E-state index in [1.165, 1.54) is 4.88 Å². The summed E-state index contributed by atoms with van der Waals surface area (Å²) in [6.45, 7) is 7.55. The number of carbonyl (C=O) groups excluding carboxylic acids is 1. The molecule has 0 spiro atoms. The number of hydrogen-bond donors (Lipinski definition) is 1. The van der Waals surface area contributed by atoms with E-state index < -0.39 is 5.60 Å². The zero-order valence-corrected chi connectivity index (χ0v) is 21.3. The Morgan fingerprint density at radius 2 is 2.11 bits per heavy atom. The largest absolute Gasteiger partial charge is 0.492 e. The van der Waals surface area contributed by atoms with Crippen molar-refractivity contribution in [1.29, 1.82) is 0 Å². The third-order valence-corrected chi connectivity index (χ3v) is 7.71. The molecule has 1 aromatic carbocycles. The van der Waals surface area contributed by atoms with E-state index in [0.29, 0.717) is 26.2 Å². The summed E-state index contributed by atoms with van der Waals surface area (Å²) in [5.74, 6) is 1.76. The minimum absolute atomic E-state index is 0.106. The number of rotatable bonds is 5. The van der Waals surface area contributed by atoms with Crippen LogP contribution in [0.4, 0.5) is 0 Å². The highest BCUT2D eigenvalue weighted by Gasteiger charge is 2.32. The van der Waals surface area contributed by atoms with Gasteiger partial charge in [0.15, 0.2) is 10.8 Å². The number of amides is 1. The second-order valence-electron chi connectivity index (χ2n) is 10.1. The predicted molar refractivity (Wildman–Crippen MR) is 137 cm³/mol. The van der Waals surface area contributed by atoms with Crippen molar-refractivity contribution in [2.45, 2.75) is 45.4 Å². The van der Waals surface area contributed by atoms with Crippen molar-refractivity contribution in [2.75, 3.05) is 19.7 Å². The molecular weight excluding hydrogens is 476 g/mol. The Hall–Kier alpha value is -3.50. The van der Waals surface area contributed by atoms with E-state index in [-0.39, 0.29) is 11.9 Å². The highest BCUT2D eigenvalue weighted by atomic mass is 32.1. The third kappa shape index (κ3) is 4.20. The Kier molecular flexibility index (Phi) is 5.45. The van der Waals surface area contributed by atoms with Crippen molar-refractivity contribution in [3.8, 4) is 39.0 Å². The van der Waals surface area contributed by atoms with Crippen LogP contribution < -0.4 is 4.74 Å². The molecule has 9 nitrogen and oxygen atoms in total. The van der Waals surface area contributed by atoms with Crippen LogP contribution in [0.25, 0.3) is 33.2 Å². The molecule has 0 radical (unpaired) electrons. The second kappa shape index (κ2) is 8.56. The number of nitrogens with zero attached hydrogens (tertiary/aromatic N) is 6. The maximum Gasteiger partial charge on any atom is 0.219 e. The van der Waals surface area contributed by atoms with Crippen molar-refractivity contribution >= 4 is 17.2 Å².